The van der Waals surface area contributed by atoms with Crippen LogP contribution < -0.4 is 5.32 Å². The van der Waals surface area contributed by atoms with Crippen LogP contribution in [0.1, 0.15) is 48.3 Å². The molecule has 0 saturated carbocycles. The number of nitrogens with one attached hydrogen (secondary N) is 2. The summed E-state index contributed by atoms with van der Waals surface area (Å²) >= 11 is 3.23. The Morgan fingerprint density at radius 2 is 2.09 bits per heavy atom. The Kier molecular flexibility index (Phi) is 7.16. The van der Waals surface area contributed by atoms with E-state index in [0.717, 1.165) is 39.0 Å². The van der Waals surface area contributed by atoms with Gasteiger partial charge < -0.3 is 19.9 Å². The van der Waals surface area contributed by atoms with Crippen molar-refractivity contribution in [3.05, 3.63) is 51.4 Å². The highest BCUT2D eigenvalue weighted by Gasteiger charge is 2.37. The van der Waals surface area contributed by atoms with Crippen molar-refractivity contribution in [2.45, 2.75) is 38.8 Å². The maximum Gasteiger partial charge on any atom is 0.407 e. The van der Waals surface area contributed by atoms with E-state index in [0.29, 0.717) is 6.54 Å². The van der Waals surface area contributed by atoms with Gasteiger partial charge >= 0.3 is 6.09 Å². The van der Waals surface area contributed by atoms with Gasteiger partial charge in [0.1, 0.15) is 11.9 Å². The highest BCUT2D eigenvalue weighted by atomic mass is 32.1. The van der Waals surface area contributed by atoms with Crippen LogP contribution in [0.4, 0.5) is 4.79 Å². The first-order chi connectivity index (χ1) is 16.0. The summed E-state index contributed by atoms with van der Waals surface area (Å²) in [6.07, 6.45) is 2.92. The van der Waals surface area contributed by atoms with Gasteiger partial charge in [-0.1, -0.05) is 19.9 Å². The lowest BCUT2D eigenvalue weighted by Crippen LogP contribution is -2.51. The number of carbonyl (C=O) groups is 2. The van der Waals surface area contributed by atoms with E-state index in [1.54, 1.807) is 22.7 Å². The van der Waals surface area contributed by atoms with Gasteiger partial charge in [0.15, 0.2) is 0 Å². The van der Waals surface area contributed by atoms with Crippen molar-refractivity contribution in [3.8, 4) is 22.4 Å². The van der Waals surface area contributed by atoms with Crippen molar-refractivity contribution in [2.75, 3.05) is 13.7 Å². The maximum atomic E-state index is 13.3. The molecule has 1 saturated heterocycles. The average Bonchev–Trinajstić information content (AvgIpc) is 3.61. The Bertz CT molecular complexity index is 1170. The second kappa shape index (κ2) is 10.2. The Hall–Kier alpha value is -3.09. The molecule has 2 amide bonds. The number of likely N-dealkylation sites (tertiary alicyclic amines) is 1. The quantitative estimate of drug-likeness (QED) is 0.519. The van der Waals surface area contributed by atoms with Crippen LogP contribution in [0.3, 0.4) is 0 Å². The summed E-state index contributed by atoms with van der Waals surface area (Å²) in [6.45, 7) is 4.45. The third kappa shape index (κ3) is 5.29. The summed E-state index contributed by atoms with van der Waals surface area (Å²) in [6, 6.07) is 7.25. The van der Waals surface area contributed by atoms with Gasteiger partial charge in [-0.2, -0.15) is 0 Å². The van der Waals surface area contributed by atoms with Crippen molar-refractivity contribution < 1.29 is 14.3 Å². The van der Waals surface area contributed by atoms with Crippen LogP contribution in [0.15, 0.2) is 35.8 Å². The Morgan fingerprint density at radius 1 is 1.27 bits per heavy atom. The fraction of sp³-hybridized carbons (Fsp3) is 0.375. The third-order valence-electron chi connectivity index (χ3n) is 5.54. The highest BCUT2D eigenvalue weighted by Crippen LogP contribution is 2.34. The van der Waals surface area contributed by atoms with E-state index in [4.69, 9.17) is 4.74 Å². The molecule has 7 nitrogen and oxygen atoms in total. The minimum atomic E-state index is -0.644. The first kappa shape index (κ1) is 23.1. The third-order valence-corrected chi connectivity index (χ3v) is 7.36. The SMILES string of the molecule is COC(=O)N[C@H](C(=O)N1CCC[C@H]1c1ncc(-c2ccc(C#Cc3cccs3)s2)[nH]1)C(C)C. The largest absolute Gasteiger partial charge is 0.453 e. The lowest BCUT2D eigenvalue weighted by atomic mass is 10.0. The van der Waals surface area contributed by atoms with Crippen molar-refractivity contribution in [3.63, 3.8) is 0 Å². The molecule has 0 bridgehead atoms. The number of alkyl carbamates (subject to hydrolysis) is 1. The second-order valence-corrected chi connectivity index (χ2v) is 10.2. The number of methoxy groups -OCH3 is 1. The zero-order valence-electron chi connectivity index (χ0n) is 18.8. The van der Waals surface area contributed by atoms with E-state index < -0.39 is 12.1 Å². The molecule has 1 aliphatic rings. The second-order valence-electron chi connectivity index (χ2n) is 8.12. The number of aromatic nitrogens is 2. The lowest BCUT2D eigenvalue weighted by Gasteiger charge is -2.30. The molecule has 4 heterocycles. The number of ether oxygens (including phenoxy) is 1. The van der Waals surface area contributed by atoms with E-state index in [9.17, 15) is 9.59 Å². The molecule has 0 aromatic carbocycles. The molecule has 1 fully saturated rings. The minimum absolute atomic E-state index is 0.0650. The van der Waals surface area contributed by atoms with Crippen molar-refractivity contribution >= 4 is 34.7 Å². The monoisotopic (exact) mass is 482 g/mol. The standard InChI is InChI=1S/C24H26N4O3S2/c1-15(2)21(27-24(30)31-3)23(29)28-12-4-7-19(28)22-25-14-18(26-22)20-11-10-17(33-20)9-8-16-6-5-13-32-16/h5-6,10-11,13-15,19,21H,4,7,12H2,1-3H3,(H,25,26)(H,27,30)/t19-,21-/m0/s1. The molecule has 9 heteroatoms. The molecule has 0 aliphatic carbocycles. The predicted molar refractivity (Wildman–Crippen MR) is 130 cm³/mol. The zero-order valence-corrected chi connectivity index (χ0v) is 20.4. The molecule has 0 spiro atoms. The van der Waals surface area contributed by atoms with Crippen LogP contribution in [0, 0.1) is 17.8 Å². The number of H-pyrrole nitrogens is 1. The summed E-state index contributed by atoms with van der Waals surface area (Å²) in [5, 5.41) is 4.69. The average molecular weight is 483 g/mol. The van der Waals surface area contributed by atoms with Crippen molar-refractivity contribution in [2.24, 2.45) is 5.92 Å². The number of hydrogen-bond acceptors (Lipinski definition) is 6. The number of amides is 2. The molecule has 0 unspecified atom stereocenters. The molecule has 3 aromatic heterocycles. The zero-order chi connectivity index (χ0) is 23.4. The molecule has 4 rings (SSSR count). The molecular weight excluding hydrogens is 456 g/mol. The first-order valence-electron chi connectivity index (χ1n) is 10.8. The summed E-state index contributed by atoms with van der Waals surface area (Å²) in [4.78, 5) is 37.9. The summed E-state index contributed by atoms with van der Waals surface area (Å²) in [5.74, 6) is 6.98. The Labute approximate surface area is 201 Å². The van der Waals surface area contributed by atoms with Gasteiger partial charge in [-0.15, -0.1) is 22.7 Å². The first-order valence-corrected chi connectivity index (χ1v) is 12.5. The van der Waals surface area contributed by atoms with Gasteiger partial charge in [-0.3, -0.25) is 4.79 Å². The van der Waals surface area contributed by atoms with Crippen LogP contribution in [-0.4, -0.2) is 46.6 Å². The van der Waals surface area contributed by atoms with Crippen LogP contribution in [0.2, 0.25) is 0 Å². The van der Waals surface area contributed by atoms with E-state index in [2.05, 4.69) is 27.1 Å². The fourth-order valence-corrected chi connectivity index (χ4v) is 5.24. The number of hydrogen-bond donors (Lipinski definition) is 2. The van der Waals surface area contributed by atoms with Gasteiger partial charge in [-0.25, -0.2) is 9.78 Å². The van der Waals surface area contributed by atoms with Crippen molar-refractivity contribution in [1.82, 2.24) is 20.2 Å². The molecule has 2 N–H and O–H groups in total. The number of nitrogens with zero attached hydrogens (tertiary/aromatic N) is 2. The molecule has 33 heavy (non-hydrogen) atoms. The number of carbonyl (C=O) groups excluding carboxylic acids is 2. The van der Waals surface area contributed by atoms with Gasteiger partial charge in [0.2, 0.25) is 5.91 Å². The number of thiophene rings is 2. The fourth-order valence-electron chi connectivity index (χ4n) is 3.85. The van der Waals surface area contributed by atoms with E-state index >= 15 is 0 Å². The van der Waals surface area contributed by atoms with Crippen LogP contribution in [0.5, 0.6) is 0 Å². The highest BCUT2D eigenvalue weighted by molar-refractivity contribution is 7.16. The lowest BCUT2D eigenvalue weighted by molar-refractivity contribution is -0.135. The van der Waals surface area contributed by atoms with Crippen molar-refractivity contribution in [1.29, 1.82) is 0 Å². The van der Waals surface area contributed by atoms with Gasteiger partial charge in [0.25, 0.3) is 0 Å². The summed E-state index contributed by atoms with van der Waals surface area (Å²) in [5.41, 5.74) is 0.909. The minimum Gasteiger partial charge on any atom is -0.453 e. The molecule has 0 radical (unpaired) electrons. The van der Waals surface area contributed by atoms with E-state index in [1.165, 1.54) is 7.11 Å². The molecule has 3 aromatic rings. The predicted octanol–water partition coefficient (Wildman–Crippen LogP) is 4.64. The number of aromatic amines is 1. The summed E-state index contributed by atoms with van der Waals surface area (Å²) < 4.78 is 4.70. The van der Waals surface area contributed by atoms with Gasteiger partial charge in [0, 0.05) is 6.54 Å². The molecule has 172 valence electrons. The molecule has 2 atom stereocenters. The molecule has 1 aliphatic heterocycles. The van der Waals surface area contributed by atoms with Gasteiger partial charge in [-0.05, 0) is 54.2 Å². The summed E-state index contributed by atoms with van der Waals surface area (Å²) in [7, 11) is 1.30. The van der Waals surface area contributed by atoms with E-state index in [-0.39, 0.29) is 17.9 Å². The van der Waals surface area contributed by atoms with Gasteiger partial charge in [0.05, 0.1) is 39.7 Å². The van der Waals surface area contributed by atoms with Crippen LogP contribution in [0.25, 0.3) is 10.6 Å². The molecular formula is C24H26N4O3S2. The maximum absolute atomic E-state index is 13.3. The van der Waals surface area contributed by atoms with Crippen LogP contribution >= 0.6 is 22.7 Å². The number of rotatable bonds is 5. The number of imidazole rings is 1. The Balaban J connectivity index is 1.49. The van der Waals surface area contributed by atoms with Crippen LogP contribution in [-0.2, 0) is 9.53 Å². The van der Waals surface area contributed by atoms with E-state index in [1.807, 2.05) is 54.6 Å². The smallest absolute Gasteiger partial charge is 0.407 e. The normalized spacial score (nSPS) is 16.4. The Morgan fingerprint density at radius 3 is 2.82 bits per heavy atom. The topological polar surface area (TPSA) is 87.3 Å².